The lowest BCUT2D eigenvalue weighted by Crippen LogP contribution is -2.38. The fourth-order valence-corrected chi connectivity index (χ4v) is 1.97. The van der Waals surface area contributed by atoms with Gasteiger partial charge in [0.25, 0.3) is 0 Å². The standard InChI is InChI=1S/C15H25NO2/c1-4-5-6-11-15(2,12-17)16-13-7-9-14(18-3)10-8-13/h7-10,16-17H,4-6,11-12H2,1-3H3. The normalized spacial score (nSPS) is 14.0. The molecule has 0 aliphatic carbocycles. The topological polar surface area (TPSA) is 41.5 Å². The summed E-state index contributed by atoms with van der Waals surface area (Å²) in [5.74, 6) is 0.845. The second kappa shape index (κ2) is 7.27. The zero-order valence-electron chi connectivity index (χ0n) is 11.7. The molecule has 18 heavy (non-hydrogen) atoms. The molecule has 0 radical (unpaired) electrons. The highest BCUT2D eigenvalue weighted by Crippen LogP contribution is 2.22. The SMILES string of the molecule is CCCCCC(C)(CO)Nc1ccc(OC)cc1. The molecular weight excluding hydrogens is 226 g/mol. The Morgan fingerprint density at radius 1 is 1.22 bits per heavy atom. The molecule has 0 fully saturated rings. The molecule has 0 bridgehead atoms. The Kier molecular flexibility index (Phi) is 5.99. The van der Waals surface area contributed by atoms with Gasteiger partial charge in [0.05, 0.1) is 19.3 Å². The number of aliphatic hydroxyl groups is 1. The predicted molar refractivity (Wildman–Crippen MR) is 76.2 cm³/mol. The van der Waals surface area contributed by atoms with E-state index in [0.29, 0.717) is 0 Å². The van der Waals surface area contributed by atoms with Gasteiger partial charge in [-0.15, -0.1) is 0 Å². The van der Waals surface area contributed by atoms with Gasteiger partial charge in [0.15, 0.2) is 0 Å². The molecule has 1 aromatic rings. The van der Waals surface area contributed by atoms with Gasteiger partial charge in [-0.25, -0.2) is 0 Å². The summed E-state index contributed by atoms with van der Waals surface area (Å²) < 4.78 is 5.13. The number of unbranched alkanes of at least 4 members (excludes halogenated alkanes) is 2. The van der Waals surface area contributed by atoms with Gasteiger partial charge in [-0.2, -0.15) is 0 Å². The van der Waals surface area contributed by atoms with Crippen LogP contribution in [-0.4, -0.2) is 24.4 Å². The third-order valence-electron chi connectivity index (χ3n) is 3.22. The van der Waals surface area contributed by atoms with Crippen molar-refractivity contribution in [3.8, 4) is 5.75 Å². The first-order chi connectivity index (χ1) is 8.63. The zero-order valence-corrected chi connectivity index (χ0v) is 11.7. The smallest absolute Gasteiger partial charge is 0.119 e. The van der Waals surface area contributed by atoms with Crippen LogP contribution in [0.5, 0.6) is 5.75 Å². The first-order valence-corrected chi connectivity index (χ1v) is 6.66. The Balaban J connectivity index is 2.59. The maximum absolute atomic E-state index is 9.56. The second-order valence-corrected chi connectivity index (χ2v) is 5.03. The summed E-state index contributed by atoms with van der Waals surface area (Å²) >= 11 is 0. The first-order valence-electron chi connectivity index (χ1n) is 6.66. The minimum atomic E-state index is -0.246. The molecule has 3 heteroatoms. The monoisotopic (exact) mass is 251 g/mol. The van der Waals surface area contributed by atoms with Crippen molar-refractivity contribution in [3.05, 3.63) is 24.3 Å². The molecule has 1 aromatic carbocycles. The molecule has 0 amide bonds. The van der Waals surface area contributed by atoms with Crippen molar-refractivity contribution in [2.45, 2.75) is 45.1 Å². The van der Waals surface area contributed by atoms with Crippen LogP contribution in [0.15, 0.2) is 24.3 Å². The summed E-state index contributed by atoms with van der Waals surface area (Å²) in [7, 11) is 1.66. The quantitative estimate of drug-likeness (QED) is 0.695. The highest BCUT2D eigenvalue weighted by atomic mass is 16.5. The zero-order chi connectivity index (χ0) is 13.4. The van der Waals surface area contributed by atoms with E-state index in [1.54, 1.807) is 7.11 Å². The van der Waals surface area contributed by atoms with Gasteiger partial charge in [0.1, 0.15) is 5.75 Å². The van der Waals surface area contributed by atoms with Gasteiger partial charge in [-0.3, -0.25) is 0 Å². The molecule has 0 aliphatic rings. The summed E-state index contributed by atoms with van der Waals surface area (Å²) in [6.45, 7) is 4.39. The summed E-state index contributed by atoms with van der Waals surface area (Å²) in [5.41, 5.74) is 0.771. The lowest BCUT2D eigenvalue weighted by atomic mass is 9.95. The molecule has 0 spiro atoms. The molecular formula is C15H25NO2. The number of anilines is 1. The van der Waals surface area contributed by atoms with Gasteiger partial charge < -0.3 is 15.2 Å². The molecule has 1 unspecified atom stereocenters. The number of rotatable bonds is 8. The van der Waals surface area contributed by atoms with Crippen LogP contribution in [0.25, 0.3) is 0 Å². The third-order valence-corrected chi connectivity index (χ3v) is 3.22. The Morgan fingerprint density at radius 2 is 1.89 bits per heavy atom. The van der Waals surface area contributed by atoms with E-state index in [-0.39, 0.29) is 12.1 Å². The van der Waals surface area contributed by atoms with E-state index in [1.807, 2.05) is 24.3 Å². The fourth-order valence-electron chi connectivity index (χ4n) is 1.97. The van der Waals surface area contributed by atoms with Crippen molar-refractivity contribution >= 4 is 5.69 Å². The molecule has 1 rings (SSSR count). The molecule has 0 aromatic heterocycles. The fraction of sp³-hybridized carbons (Fsp3) is 0.600. The van der Waals surface area contributed by atoms with Gasteiger partial charge in [-0.05, 0) is 37.6 Å². The van der Waals surface area contributed by atoms with Crippen LogP contribution >= 0.6 is 0 Å². The number of methoxy groups -OCH3 is 1. The lowest BCUT2D eigenvalue weighted by Gasteiger charge is -2.30. The van der Waals surface area contributed by atoms with Gasteiger partial charge in [0, 0.05) is 5.69 Å². The molecule has 3 nitrogen and oxygen atoms in total. The second-order valence-electron chi connectivity index (χ2n) is 5.03. The van der Waals surface area contributed by atoms with Crippen LogP contribution in [-0.2, 0) is 0 Å². The van der Waals surface area contributed by atoms with E-state index in [2.05, 4.69) is 19.2 Å². The number of hydrogen-bond acceptors (Lipinski definition) is 3. The largest absolute Gasteiger partial charge is 0.497 e. The van der Waals surface area contributed by atoms with Crippen LogP contribution in [0.3, 0.4) is 0 Å². The van der Waals surface area contributed by atoms with Crippen LogP contribution in [0, 0.1) is 0 Å². The molecule has 0 saturated heterocycles. The number of nitrogens with one attached hydrogen (secondary N) is 1. The van der Waals surface area contributed by atoms with Crippen molar-refractivity contribution in [1.82, 2.24) is 0 Å². The number of ether oxygens (including phenoxy) is 1. The maximum atomic E-state index is 9.56. The van der Waals surface area contributed by atoms with Crippen LogP contribution in [0.2, 0.25) is 0 Å². The molecule has 2 N–H and O–H groups in total. The third kappa shape index (κ3) is 4.57. The Morgan fingerprint density at radius 3 is 2.39 bits per heavy atom. The summed E-state index contributed by atoms with van der Waals surface area (Å²) in [6, 6.07) is 7.80. The molecule has 0 heterocycles. The highest BCUT2D eigenvalue weighted by molar-refractivity contribution is 5.48. The van der Waals surface area contributed by atoms with Crippen molar-refractivity contribution in [2.75, 3.05) is 19.0 Å². The van der Waals surface area contributed by atoms with E-state index < -0.39 is 0 Å². The summed E-state index contributed by atoms with van der Waals surface area (Å²) in [6.07, 6.45) is 4.52. The number of hydrogen-bond donors (Lipinski definition) is 2. The number of aliphatic hydroxyl groups excluding tert-OH is 1. The van der Waals surface area contributed by atoms with E-state index in [0.717, 1.165) is 24.3 Å². The van der Waals surface area contributed by atoms with E-state index >= 15 is 0 Å². The van der Waals surface area contributed by atoms with Crippen LogP contribution in [0.1, 0.15) is 39.5 Å². The molecule has 102 valence electrons. The molecule has 0 aliphatic heterocycles. The number of benzene rings is 1. The Bertz CT molecular complexity index is 337. The van der Waals surface area contributed by atoms with E-state index in [4.69, 9.17) is 4.74 Å². The minimum Gasteiger partial charge on any atom is -0.497 e. The lowest BCUT2D eigenvalue weighted by molar-refractivity contribution is 0.212. The van der Waals surface area contributed by atoms with Crippen molar-refractivity contribution in [1.29, 1.82) is 0 Å². The Hall–Kier alpha value is -1.22. The molecule has 1 atom stereocenters. The first kappa shape index (κ1) is 14.8. The van der Waals surface area contributed by atoms with Gasteiger partial charge >= 0.3 is 0 Å². The molecule has 0 saturated carbocycles. The van der Waals surface area contributed by atoms with Gasteiger partial charge in [0.2, 0.25) is 0 Å². The maximum Gasteiger partial charge on any atom is 0.119 e. The summed E-state index contributed by atoms with van der Waals surface area (Å²) in [4.78, 5) is 0. The van der Waals surface area contributed by atoms with Crippen molar-refractivity contribution in [2.24, 2.45) is 0 Å². The Labute approximate surface area is 110 Å². The van der Waals surface area contributed by atoms with E-state index in [1.165, 1.54) is 12.8 Å². The highest BCUT2D eigenvalue weighted by Gasteiger charge is 2.22. The average molecular weight is 251 g/mol. The predicted octanol–water partition coefficient (Wildman–Crippen LogP) is 3.44. The van der Waals surface area contributed by atoms with Crippen LogP contribution < -0.4 is 10.1 Å². The van der Waals surface area contributed by atoms with Crippen molar-refractivity contribution in [3.63, 3.8) is 0 Å². The average Bonchev–Trinajstić information content (AvgIpc) is 2.40. The minimum absolute atomic E-state index is 0.142. The summed E-state index contributed by atoms with van der Waals surface area (Å²) in [5, 5.41) is 13.0. The van der Waals surface area contributed by atoms with Crippen LogP contribution in [0.4, 0.5) is 5.69 Å². The van der Waals surface area contributed by atoms with E-state index in [9.17, 15) is 5.11 Å². The van der Waals surface area contributed by atoms with Crippen molar-refractivity contribution < 1.29 is 9.84 Å². The van der Waals surface area contributed by atoms with Gasteiger partial charge in [-0.1, -0.05) is 26.2 Å².